The van der Waals surface area contributed by atoms with E-state index in [1.165, 1.54) is 0 Å². The first kappa shape index (κ1) is 11.9. The summed E-state index contributed by atoms with van der Waals surface area (Å²) in [5.74, 6) is 0.722. The zero-order chi connectivity index (χ0) is 10.8. The van der Waals surface area contributed by atoms with Crippen molar-refractivity contribution in [1.82, 2.24) is 9.97 Å². The Morgan fingerprint density at radius 3 is 2.59 bits per heavy atom. The third-order valence-electron chi connectivity index (χ3n) is 2.44. The van der Waals surface area contributed by atoms with Crippen molar-refractivity contribution in [3.8, 4) is 11.4 Å². The number of rotatable bonds is 1. The number of fused-ring (bicyclic) bond motifs is 1. The third-order valence-corrected chi connectivity index (χ3v) is 2.44. The van der Waals surface area contributed by atoms with Crippen molar-refractivity contribution in [2.75, 3.05) is 0 Å². The molecule has 1 aromatic heterocycles. The van der Waals surface area contributed by atoms with Crippen LogP contribution in [0, 0.1) is 6.07 Å². The number of para-hydroxylation sites is 1. The topological polar surface area (TPSA) is 25.8 Å². The molecule has 3 rings (SSSR count). The molecule has 2 aromatic carbocycles. The van der Waals surface area contributed by atoms with Gasteiger partial charge in [-0.25, -0.2) is 0 Å². The Kier molecular flexibility index (Phi) is 3.62. The van der Waals surface area contributed by atoms with Gasteiger partial charge in [0.25, 0.3) is 0 Å². The van der Waals surface area contributed by atoms with Crippen molar-refractivity contribution in [2.45, 2.75) is 0 Å². The molecule has 0 N–H and O–H groups in total. The molecule has 0 fully saturated rings. The zero-order valence-electron chi connectivity index (χ0n) is 8.92. The van der Waals surface area contributed by atoms with Crippen LogP contribution < -0.4 is 0 Å². The van der Waals surface area contributed by atoms with Crippen LogP contribution in [-0.2, 0) is 20.1 Å². The second-order valence-electron chi connectivity index (χ2n) is 3.53. The second-order valence-corrected chi connectivity index (χ2v) is 3.53. The Hall–Kier alpha value is -1.57. The van der Waals surface area contributed by atoms with Gasteiger partial charge in [-0.1, -0.05) is 18.2 Å². The maximum atomic E-state index is 4.50. The quantitative estimate of drug-likeness (QED) is 0.590. The van der Waals surface area contributed by atoms with E-state index in [2.05, 4.69) is 16.0 Å². The van der Waals surface area contributed by atoms with Gasteiger partial charge in [0.15, 0.2) is 0 Å². The molecule has 0 amide bonds. The summed E-state index contributed by atoms with van der Waals surface area (Å²) in [5.41, 5.74) is 1.89. The van der Waals surface area contributed by atoms with Gasteiger partial charge in [-0.2, -0.15) is 0 Å². The van der Waals surface area contributed by atoms with Crippen LogP contribution in [-0.4, -0.2) is 9.97 Å². The fraction of sp³-hybridized carbons (Fsp3) is 0. The standard InChI is InChI=1S/C14H9N2.Ir/c1-2-6-11(7-3-1)14-15-10-12-8-4-5-9-13(12)16-14;/h1-6,8-10H;/q-1;. The van der Waals surface area contributed by atoms with Gasteiger partial charge in [-0.15, -0.1) is 35.9 Å². The number of hydrogen-bond donors (Lipinski definition) is 0. The van der Waals surface area contributed by atoms with Crippen LogP contribution in [0.4, 0.5) is 0 Å². The maximum absolute atomic E-state index is 4.50. The van der Waals surface area contributed by atoms with Gasteiger partial charge in [0.2, 0.25) is 0 Å². The molecule has 0 spiro atoms. The predicted octanol–water partition coefficient (Wildman–Crippen LogP) is 3.09. The van der Waals surface area contributed by atoms with E-state index in [9.17, 15) is 0 Å². The summed E-state index contributed by atoms with van der Waals surface area (Å²) < 4.78 is 0. The van der Waals surface area contributed by atoms with Gasteiger partial charge in [0, 0.05) is 31.7 Å². The van der Waals surface area contributed by atoms with Crippen LogP contribution in [0.3, 0.4) is 0 Å². The third kappa shape index (κ3) is 2.41. The molecule has 0 bridgehead atoms. The summed E-state index contributed by atoms with van der Waals surface area (Å²) in [5, 5.41) is 1.06. The average Bonchev–Trinajstić information content (AvgIpc) is 2.39. The van der Waals surface area contributed by atoms with E-state index in [-0.39, 0.29) is 20.1 Å². The minimum Gasteiger partial charge on any atom is -0.285 e. The Labute approximate surface area is 113 Å². The van der Waals surface area contributed by atoms with E-state index < -0.39 is 0 Å². The Morgan fingerprint density at radius 2 is 1.76 bits per heavy atom. The monoisotopic (exact) mass is 398 g/mol. The molecule has 85 valence electrons. The molecule has 2 nitrogen and oxygen atoms in total. The number of aromatic nitrogens is 2. The Balaban J connectivity index is 0.00000108. The van der Waals surface area contributed by atoms with Gasteiger partial charge < -0.3 is 0 Å². The summed E-state index contributed by atoms with van der Waals surface area (Å²) >= 11 is 0. The number of hydrogen-bond acceptors (Lipinski definition) is 2. The van der Waals surface area contributed by atoms with Crippen molar-refractivity contribution < 1.29 is 20.1 Å². The molecular weight excluding hydrogens is 388 g/mol. The summed E-state index contributed by atoms with van der Waals surface area (Å²) in [6.45, 7) is 0. The minimum absolute atomic E-state index is 0. The molecule has 3 aromatic rings. The van der Waals surface area contributed by atoms with Crippen molar-refractivity contribution in [3.63, 3.8) is 0 Å². The molecule has 17 heavy (non-hydrogen) atoms. The Bertz CT molecular complexity index is 623. The van der Waals surface area contributed by atoms with Crippen LogP contribution in [0.1, 0.15) is 0 Å². The minimum atomic E-state index is 0. The van der Waals surface area contributed by atoms with Gasteiger partial charge in [-0.05, 0) is 6.07 Å². The summed E-state index contributed by atoms with van der Waals surface area (Å²) in [6.07, 6.45) is 1.85. The van der Waals surface area contributed by atoms with Gasteiger partial charge >= 0.3 is 0 Å². The molecule has 0 atom stereocenters. The van der Waals surface area contributed by atoms with Gasteiger partial charge in [0.1, 0.15) is 0 Å². The van der Waals surface area contributed by atoms with E-state index in [0.29, 0.717) is 0 Å². The van der Waals surface area contributed by atoms with Crippen LogP contribution in [0.25, 0.3) is 22.3 Å². The molecule has 0 aliphatic rings. The summed E-state index contributed by atoms with van der Waals surface area (Å²) in [6, 6.07) is 18.8. The van der Waals surface area contributed by atoms with Crippen LogP contribution in [0.2, 0.25) is 0 Å². The van der Waals surface area contributed by atoms with Crippen molar-refractivity contribution in [2.24, 2.45) is 0 Å². The fourth-order valence-corrected chi connectivity index (χ4v) is 1.63. The first-order chi connectivity index (χ1) is 7.93. The predicted molar refractivity (Wildman–Crippen MR) is 63.8 cm³/mol. The second kappa shape index (κ2) is 5.17. The van der Waals surface area contributed by atoms with Crippen LogP contribution in [0.15, 0.2) is 54.7 Å². The van der Waals surface area contributed by atoms with E-state index in [0.717, 1.165) is 22.3 Å². The molecule has 0 aliphatic carbocycles. The molecule has 0 unspecified atom stereocenters. The number of nitrogens with zero attached hydrogens (tertiary/aromatic N) is 2. The molecular formula is C14H9IrN2-. The summed E-state index contributed by atoms with van der Waals surface area (Å²) in [7, 11) is 0. The molecule has 1 radical (unpaired) electrons. The van der Waals surface area contributed by atoms with E-state index in [1.54, 1.807) is 0 Å². The molecule has 0 saturated carbocycles. The average molecular weight is 397 g/mol. The smallest absolute Gasteiger partial charge is 0.0755 e. The molecule has 0 saturated heterocycles. The van der Waals surface area contributed by atoms with E-state index >= 15 is 0 Å². The SMILES string of the molecule is [Ir].[c-]1ccccc1-c1ncc2ccccc2n1. The van der Waals surface area contributed by atoms with E-state index in [4.69, 9.17) is 0 Å². The molecule has 3 heteroatoms. The van der Waals surface area contributed by atoms with Crippen LogP contribution >= 0.6 is 0 Å². The normalized spacial score (nSPS) is 9.88. The van der Waals surface area contributed by atoms with E-state index in [1.807, 2.05) is 54.7 Å². The van der Waals surface area contributed by atoms with Crippen LogP contribution in [0.5, 0.6) is 0 Å². The first-order valence-corrected chi connectivity index (χ1v) is 5.12. The molecule has 0 aliphatic heterocycles. The molecule has 1 heterocycles. The zero-order valence-corrected chi connectivity index (χ0v) is 11.3. The number of benzene rings is 2. The Morgan fingerprint density at radius 1 is 0.941 bits per heavy atom. The summed E-state index contributed by atoms with van der Waals surface area (Å²) in [4.78, 5) is 8.84. The first-order valence-electron chi connectivity index (χ1n) is 5.12. The van der Waals surface area contributed by atoms with Crippen molar-refractivity contribution >= 4 is 10.9 Å². The fourth-order valence-electron chi connectivity index (χ4n) is 1.63. The van der Waals surface area contributed by atoms with Crippen molar-refractivity contribution in [3.05, 3.63) is 60.8 Å². The largest absolute Gasteiger partial charge is 0.285 e. The van der Waals surface area contributed by atoms with Gasteiger partial charge in [0.05, 0.1) is 11.3 Å². The van der Waals surface area contributed by atoms with Crippen molar-refractivity contribution in [1.29, 1.82) is 0 Å². The maximum Gasteiger partial charge on any atom is 0.0755 e. The van der Waals surface area contributed by atoms with Gasteiger partial charge in [-0.3, -0.25) is 9.97 Å².